The predicted molar refractivity (Wildman–Crippen MR) is 98.8 cm³/mol. The van der Waals surface area contributed by atoms with Crippen molar-refractivity contribution in [2.75, 3.05) is 33.9 Å². The molecular weight excluding hydrogens is 340 g/mol. The monoisotopic (exact) mass is 370 g/mol. The lowest BCUT2D eigenvalue weighted by molar-refractivity contribution is 0.0804. The van der Waals surface area contributed by atoms with Gasteiger partial charge in [-0.25, -0.2) is 13.1 Å². The summed E-state index contributed by atoms with van der Waals surface area (Å²) in [6.45, 7) is 9.03. The van der Waals surface area contributed by atoms with Crippen molar-refractivity contribution >= 4 is 10.0 Å². The van der Waals surface area contributed by atoms with Crippen molar-refractivity contribution in [1.82, 2.24) is 9.62 Å². The molecule has 1 aliphatic rings. The third kappa shape index (κ3) is 5.09. The van der Waals surface area contributed by atoms with Gasteiger partial charge in [-0.15, -0.1) is 0 Å². The molecule has 1 aromatic rings. The van der Waals surface area contributed by atoms with Crippen LogP contribution in [0.3, 0.4) is 0 Å². The van der Waals surface area contributed by atoms with Gasteiger partial charge in [-0.05, 0) is 58.2 Å². The van der Waals surface area contributed by atoms with E-state index in [1.54, 1.807) is 6.07 Å². The van der Waals surface area contributed by atoms with E-state index in [0.29, 0.717) is 24.0 Å². The van der Waals surface area contributed by atoms with Crippen LogP contribution in [0.15, 0.2) is 23.1 Å². The van der Waals surface area contributed by atoms with Gasteiger partial charge < -0.3 is 9.47 Å². The van der Waals surface area contributed by atoms with E-state index in [2.05, 4.69) is 30.4 Å². The molecule has 0 aliphatic carbocycles. The van der Waals surface area contributed by atoms with Gasteiger partial charge in [-0.3, -0.25) is 4.90 Å². The molecule has 0 aromatic heterocycles. The first kappa shape index (κ1) is 20.0. The van der Waals surface area contributed by atoms with Crippen LogP contribution in [0, 0.1) is 5.92 Å². The summed E-state index contributed by atoms with van der Waals surface area (Å²) in [4.78, 5) is 2.61. The fraction of sp³-hybridized carbons (Fsp3) is 0.667. The summed E-state index contributed by atoms with van der Waals surface area (Å²) in [5, 5.41) is 0. The van der Waals surface area contributed by atoms with Gasteiger partial charge in [0.05, 0.1) is 19.1 Å². The fourth-order valence-corrected chi connectivity index (χ4v) is 4.27. The van der Waals surface area contributed by atoms with Crippen LogP contribution >= 0.6 is 0 Å². The molecule has 1 heterocycles. The van der Waals surface area contributed by atoms with E-state index in [9.17, 15) is 8.42 Å². The highest BCUT2D eigenvalue weighted by Gasteiger charge is 2.28. The number of sulfonamides is 1. The summed E-state index contributed by atoms with van der Waals surface area (Å²) in [6, 6.07) is 4.63. The molecule has 2 rings (SSSR count). The molecule has 1 saturated heterocycles. The Labute approximate surface area is 151 Å². The summed E-state index contributed by atoms with van der Waals surface area (Å²) < 4.78 is 38.3. The quantitative estimate of drug-likeness (QED) is 0.833. The second kappa shape index (κ2) is 7.93. The lowest BCUT2D eigenvalue weighted by Crippen LogP contribution is -2.49. The van der Waals surface area contributed by atoms with E-state index >= 15 is 0 Å². The average Bonchev–Trinajstić information content (AvgIpc) is 2.59. The molecule has 1 aromatic carbocycles. The third-order valence-corrected chi connectivity index (χ3v) is 6.12. The highest BCUT2D eigenvalue weighted by atomic mass is 32.2. The minimum Gasteiger partial charge on any atom is -0.493 e. The van der Waals surface area contributed by atoms with Crippen LogP contribution in [0.5, 0.6) is 11.5 Å². The average molecular weight is 371 g/mol. The van der Waals surface area contributed by atoms with Crippen LogP contribution in [0.2, 0.25) is 0 Å². The molecule has 1 aliphatic heterocycles. The molecule has 0 saturated carbocycles. The second-order valence-electron chi connectivity index (χ2n) is 7.49. The molecule has 0 radical (unpaired) electrons. The molecule has 1 fully saturated rings. The summed E-state index contributed by atoms with van der Waals surface area (Å²) in [7, 11) is -0.561. The first-order valence-electron chi connectivity index (χ1n) is 8.64. The van der Waals surface area contributed by atoms with Crippen molar-refractivity contribution in [3.8, 4) is 11.5 Å². The number of nitrogens with one attached hydrogen (secondary N) is 1. The number of nitrogens with zero attached hydrogens (tertiary/aromatic N) is 1. The maximum Gasteiger partial charge on any atom is 0.240 e. The minimum atomic E-state index is -3.57. The predicted octanol–water partition coefficient (Wildman–Crippen LogP) is 2.49. The molecule has 0 bridgehead atoms. The second-order valence-corrected chi connectivity index (χ2v) is 9.26. The van der Waals surface area contributed by atoms with Crippen molar-refractivity contribution in [3.05, 3.63) is 18.2 Å². The molecule has 0 amide bonds. The molecule has 1 atom stereocenters. The maximum absolute atomic E-state index is 12.6. The minimum absolute atomic E-state index is 0.112. The Hall–Kier alpha value is -1.31. The Morgan fingerprint density at radius 1 is 1.20 bits per heavy atom. The summed E-state index contributed by atoms with van der Waals surface area (Å²) in [6.07, 6.45) is 2.14. The van der Waals surface area contributed by atoms with E-state index in [1.165, 1.54) is 26.4 Å². The van der Waals surface area contributed by atoms with Crippen molar-refractivity contribution in [3.63, 3.8) is 0 Å². The molecule has 142 valence electrons. The highest BCUT2D eigenvalue weighted by molar-refractivity contribution is 7.89. The van der Waals surface area contributed by atoms with Crippen LogP contribution in [-0.2, 0) is 10.0 Å². The van der Waals surface area contributed by atoms with Gasteiger partial charge in [0.15, 0.2) is 11.5 Å². The van der Waals surface area contributed by atoms with Crippen LogP contribution < -0.4 is 14.2 Å². The van der Waals surface area contributed by atoms with E-state index in [-0.39, 0.29) is 10.4 Å². The van der Waals surface area contributed by atoms with Gasteiger partial charge in [-0.1, -0.05) is 0 Å². The number of methoxy groups -OCH3 is 2. The van der Waals surface area contributed by atoms with Gasteiger partial charge in [0.2, 0.25) is 10.0 Å². The Morgan fingerprint density at radius 3 is 2.48 bits per heavy atom. The summed E-state index contributed by atoms with van der Waals surface area (Å²) >= 11 is 0. The first-order chi connectivity index (χ1) is 11.7. The van der Waals surface area contributed by atoms with Gasteiger partial charge in [0.1, 0.15) is 0 Å². The van der Waals surface area contributed by atoms with Gasteiger partial charge >= 0.3 is 0 Å². The van der Waals surface area contributed by atoms with Crippen LogP contribution in [0.1, 0.15) is 33.6 Å². The molecule has 6 nitrogen and oxygen atoms in total. The first-order valence-corrected chi connectivity index (χ1v) is 10.1. The normalized spacial score (nSPS) is 19.6. The number of ether oxygens (including phenoxy) is 2. The molecule has 1 unspecified atom stereocenters. The van der Waals surface area contributed by atoms with Gasteiger partial charge in [-0.2, -0.15) is 0 Å². The standard InChI is InChI=1S/C18H30N2O4S/c1-18(2,3)20-10-6-7-14(13-20)12-19-25(21,22)15-8-9-16(23-4)17(11-15)24-5/h8-9,11,14,19H,6-7,10,12-13H2,1-5H3. The number of hydrogen-bond acceptors (Lipinski definition) is 5. The lowest BCUT2D eigenvalue weighted by atomic mass is 9.94. The van der Waals surface area contributed by atoms with Crippen molar-refractivity contribution in [2.45, 2.75) is 44.0 Å². The Bertz CT molecular complexity index is 683. The lowest BCUT2D eigenvalue weighted by Gasteiger charge is -2.41. The number of likely N-dealkylation sites (tertiary alicyclic amines) is 1. The van der Waals surface area contributed by atoms with E-state index < -0.39 is 10.0 Å². The third-order valence-electron chi connectivity index (χ3n) is 4.70. The Morgan fingerprint density at radius 2 is 1.88 bits per heavy atom. The largest absolute Gasteiger partial charge is 0.493 e. The number of benzene rings is 1. The molecule has 7 heteroatoms. The molecule has 0 spiro atoms. The highest BCUT2D eigenvalue weighted by Crippen LogP contribution is 2.29. The topological polar surface area (TPSA) is 67.9 Å². The summed E-state index contributed by atoms with van der Waals surface area (Å²) in [5.74, 6) is 1.24. The van der Waals surface area contributed by atoms with Crippen molar-refractivity contribution in [2.24, 2.45) is 5.92 Å². The molecular formula is C18H30N2O4S. The van der Waals surface area contributed by atoms with E-state index in [0.717, 1.165) is 25.9 Å². The van der Waals surface area contributed by atoms with Crippen molar-refractivity contribution < 1.29 is 17.9 Å². The molecule has 25 heavy (non-hydrogen) atoms. The Kier molecular flexibility index (Phi) is 6.35. The SMILES string of the molecule is COc1ccc(S(=O)(=O)NCC2CCCN(C(C)(C)C)C2)cc1OC. The van der Waals surface area contributed by atoms with Crippen LogP contribution in [0.25, 0.3) is 0 Å². The Balaban J connectivity index is 2.04. The van der Waals surface area contributed by atoms with Crippen LogP contribution in [-0.4, -0.2) is 52.7 Å². The van der Waals surface area contributed by atoms with E-state index in [1.807, 2.05) is 0 Å². The van der Waals surface area contributed by atoms with Crippen molar-refractivity contribution in [1.29, 1.82) is 0 Å². The number of piperidine rings is 1. The molecule has 1 N–H and O–H groups in total. The van der Waals surface area contributed by atoms with Crippen LogP contribution in [0.4, 0.5) is 0 Å². The fourth-order valence-electron chi connectivity index (χ4n) is 3.14. The maximum atomic E-state index is 12.6. The zero-order valence-electron chi connectivity index (χ0n) is 15.8. The van der Waals surface area contributed by atoms with Gasteiger partial charge in [0.25, 0.3) is 0 Å². The van der Waals surface area contributed by atoms with E-state index in [4.69, 9.17) is 9.47 Å². The van der Waals surface area contributed by atoms with Gasteiger partial charge in [0, 0.05) is 24.7 Å². The smallest absolute Gasteiger partial charge is 0.240 e. The summed E-state index contributed by atoms with van der Waals surface area (Å²) in [5.41, 5.74) is 0.112. The zero-order valence-corrected chi connectivity index (χ0v) is 16.6. The number of hydrogen-bond donors (Lipinski definition) is 1. The zero-order chi connectivity index (χ0) is 18.7. The number of rotatable bonds is 6.